The van der Waals surface area contributed by atoms with Crippen LogP contribution < -0.4 is 5.32 Å². The number of methoxy groups -OCH3 is 1. The summed E-state index contributed by atoms with van der Waals surface area (Å²) < 4.78 is 5.33. The van der Waals surface area contributed by atoms with Gasteiger partial charge in [-0.05, 0) is 37.0 Å². The zero-order valence-corrected chi connectivity index (χ0v) is 10.7. The van der Waals surface area contributed by atoms with E-state index in [9.17, 15) is 5.11 Å². The molecule has 0 saturated heterocycles. The fraction of sp³-hybridized carbons (Fsp3) is 0.538. The minimum Gasteiger partial charge on any atom is -0.506 e. The Labute approximate surface area is 107 Å². The van der Waals surface area contributed by atoms with E-state index in [1.807, 2.05) is 6.07 Å². The molecule has 1 aliphatic carbocycles. The van der Waals surface area contributed by atoms with Crippen molar-refractivity contribution in [2.75, 3.05) is 7.11 Å². The number of hydrogen-bond donors (Lipinski definition) is 2. The molecule has 0 spiro atoms. The summed E-state index contributed by atoms with van der Waals surface area (Å²) in [6.45, 7) is 0.779. The van der Waals surface area contributed by atoms with Gasteiger partial charge in [-0.15, -0.1) is 0 Å². The molecule has 3 nitrogen and oxygen atoms in total. The molecule has 1 aromatic rings. The molecule has 0 aromatic heterocycles. The summed E-state index contributed by atoms with van der Waals surface area (Å²) in [5.41, 5.74) is 1.09. The fourth-order valence-corrected chi connectivity index (χ4v) is 2.47. The van der Waals surface area contributed by atoms with Crippen molar-refractivity contribution in [2.45, 2.75) is 38.0 Å². The normalized spacial score (nSPS) is 24.1. The fourth-order valence-electron chi connectivity index (χ4n) is 2.26. The summed E-state index contributed by atoms with van der Waals surface area (Å²) >= 11 is 5.86. The van der Waals surface area contributed by atoms with Crippen LogP contribution in [0.4, 0.5) is 0 Å². The third-order valence-electron chi connectivity index (χ3n) is 3.32. The molecule has 1 aliphatic rings. The van der Waals surface area contributed by atoms with E-state index in [0.717, 1.165) is 31.4 Å². The highest BCUT2D eigenvalue weighted by Crippen LogP contribution is 2.25. The highest BCUT2D eigenvalue weighted by atomic mass is 35.5. The maximum Gasteiger partial charge on any atom is 0.134 e. The van der Waals surface area contributed by atoms with Gasteiger partial charge in [-0.25, -0.2) is 0 Å². The van der Waals surface area contributed by atoms with E-state index in [4.69, 9.17) is 16.3 Å². The van der Waals surface area contributed by atoms with Crippen LogP contribution in [0.3, 0.4) is 0 Å². The molecule has 0 heterocycles. The molecular weight excluding hydrogens is 238 g/mol. The van der Waals surface area contributed by atoms with Gasteiger partial charge in [0.25, 0.3) is 0 Å². The van der Waals surface area contributed by atoms with Gasteiger partial charge in [0.15, 0.2) is 0 Å². The molecule has 2 unspecified atom stereocenters. The highest BCUT2D eigenvalue weighted by molar-refractivity contribution is 6.32. The topological polar surface area (TPSA) is 41.5 Å². The van der Waals surface area contributed by atoms with Gasteiger partial charge in [0, 0.05) is 19.7 Å². The van der Waals surface area contributed by atoms with E-state index in [1.165, 1.54) is 0 Å². The maximum absolute atomic E-state index is 9.32. The number of phenolic OH excluding ortho intramolecular Hbond substituents is 1. The Hall–Kier alpha value is -0.770. The third-order valence-corrected chi connectivity index (χ3v) is 3.63. The van der Waals surface area contributed by atoms with E-state index in [2.05, 4.69) is 5.32 Å². The molecule has 0 radical (unpaired) electrons. The maximum atomic E-state index is 9.32. The molecule has 4 heteroatoms. The first kappa shape index (κ1) is 12.7. The van der Waals surface area contributed by atoms with E-state index in [-0.39, 0.29) is 5.75 Å². The summed E-state index contributed by atoms with van der Waals surface area (Å²) in [5, 5.41) is 13.2. The van der Waals surface area contributed by atoms with Crippen LogP contribution in [0.25, 0.3) is 0 Å². The van der Waals surface area contributed by atoms with Crippen LogP contribution in [0.15, 0.2) is 18.2 Å². The SMILES string of the molecule is COC1CCC(NCc2ccc(O)c(Cl)c2)C1. The molecule has 1 saturated carbocycles. The van der Waals surface area contributed by atoms with Crippen molar-refractivity contribution in [3.8, 4) is 5.75 Å². The summed E-state index contributed by atoms with van der Waals surface area (Å²) in [5.74, 6) is 0.135. The van der Waals surface area contributed by atoms with E-state index >= 15 is 0 Å². The van der Waals surface area contributed by atoms with Crippen molar-refractivity contribution in [3.05, 3.63) is 28.8 Å². The lowest BCUT2D eigenvalue weighted by atomic mass is 10.2. The quantitative estimate of drug-likeness (QED) is 0.869. The number of nitrogens with one attached hydrogen (secondary N) is 1. The highest BCUT2D eigenvalue weighted by Gasteiger charge is 2.23. The first-order chi connectivity index (χ1) is 8.19. The monoisotopic (exact) mass is 255 g/mol. The van der Waals surface area contributed by atoms with Gasteiger partial charge in [0.2, 0.25) is 0 Å². The van der Waals surface area contributed by atoms with Crippen molar-refractivity contribution in [2.24, 2.45) is 0 Å². The Morgan fingerprint density at radius 2 is 2.29 bits per heavy atom. The Bertz CT molecular complexity index is 384. The van der Waals surface area contributed by atoms with Crippen LogP contribution in [0.5, 0.6) is 5.75 Å². The summed E-state index contributed by atoms with van der Waals surface area (Å²) in [4.78, 5) is 0. The second-order valence-electron chi connectivity index (χ2n) is 4.53. The number of ether oxygens (including phenoxy) is 1. The summed E-state index contributed by atoms with van der Waals surface area (Å²) in [6, 6.07) is 5.84. The molecule has 2 rings (SSSR count). The Balaban J connectivity index is 1.84. The van der Waals surface area contributed by atoms with Crippen LogP contribution in [0.2, 0.25) is 5.02 Å². The van der Waals surface area contributed by atoms with E-state index in [1.54, 1.807) is 19.2 Å². The predicted octanol–water partition coefficient (Wildman–Crippen LogP) is 2.70. The lowest BCUT2D eigenvalue weighted by Gasteiger charge is -2.13. The van der Waals surface area contributed by atoms with Gasteiger partial charge in [0.1, 0.15) is 5.75 Å². The second kappa shape index (κ2) is 5.71. The molecule has 94 valence electrons. The van der Waals surface area contributed by atoms with E-state index < -0.39 is 0 Å². The van der Waals surface area contributed by atoms with Crippen molar-refractivity contribution in [1.82, 2.24) is 5.32 Å². The molecule has 0 bridgehead atoms. The Kier molecular flexibility index (Phi) is 4.26. The first-order valence-corrected chi connectivity index (χ1v) is 6.30. The van der Waals surface area contributed by atoms with Gasteiger partial charge in [-0.1, -0.05) is 17.7 Å². The van der Waals surface area contributed by atoms with Crippen LogP contribution in [0, 0.1) is 0 Å². The van der Waals surface area contributed by atoms with Gasteiger partial charge in [-0.3, -0.25) is 0 Å². The van der Waals surface area contributed by atoms with Gasteiger partial charge >= 0.3 is 0 Å². The average molecular weight is 256 g/mol. The molecule has 1 fully saturated rings. The van der Waals surface area contributed by atoms with Crippen LogP contribution in [-0.4, -0.2) is 24.4 Å². The zero-order valence-electron chi connectivity index (χ0n) is 9.95. The molecule has 2 N–H and O–H groups in total. The van der Waals surface area contributed by atoms with Crippen molar-refractivity contribution in [3.63, 3.8) is 0 Å². The molecule has 17 heavy (non-hydrogen) atoms. The van der Waals surface area contributed by atoms with Crippen LogP contribution in [-0.2, 0) is 11.3 Å². The standard InChI is InChI=1S/C13H18ClNO2/c1-17-11-4-3-10(7-11)15-8-9-2-5-13(16)12(14)6-9/h2,5-6,10-11,15-16H,3-4,7-8H2,1H3. The van der Waals surface area contributed by atoms with Crippen molar-refractivity contribution >= 4 is 11.6 Å². The molecule has 0 aliphatic heterocycles. The largest absolute Gasteiger partial charge is 0.506 e. The average Bonchev–Trinajstić information content (AvgIpc) is 2.79. The number of aromatic hydroxyl groups is 1. The number of rotatable bonds is 4. The molecule has 0 amide bonds. The third kappa shape index (κ3) is 3.35. The van der Waals surface area contributed by atoms with E-state index in [0.29, 0.717) is 17.2 Å². The Morgan fingerprint density at radius 3 is 2.94 bits per heavy atom. The molecule has 1 aromatic carbocycles. The lowest BCUT2D eigenvalue weighted by Crippen LogP contribution is -2.26. The van der Waals surface area contributed by atoms with Crippen LogP contribution in [0.1, 0.15) is 24.8 Å². The lowest BCUT2D eigenvalue weighted by molar-refractivity contribution is 0.107. The van der Waals surface area contributed by atoms with Crippen molar-refractivity contribution in [1.29, 1.82) is 0 Å². The molecular formula is C13H18ClNO2. The molecule has 2 atom stereocenters. The number of hydrogen-bond acceptors (Lipinski definition) is 3. The van der Waals surface area contributed by atoms with Crippen molar-refractivity contribution < 1.29 is 9.84 Å². The zero-order chi connectivity index (χ0) is 12.3. The summed E-state index contributed by atoms with van der Waals surface area (Å²) in [7, 11) is 1.77. The Morgan fingerprint density at radius 1 is 1.47 bits per heavy atom. The van der Waals surface area contributed by atoms with Gasteiger partial charge in [0.05, 0.1) is 11.1 Å². The minimum atomic E-state index is 0.135. The predicted molar refractivity (Wildman–Crippen MR) is 68.4 cm³/mol. The number of benzene rings is 1. The van der Waals surface area contributed by atoms with Gasteiger partial charge in [-0.2, -0.15) is 0 Å². The number of halogens is 1. The summed E-state index contributed by atoms with van der Waals surface area (Å²) in [6.07, 6.45) is 3.76. The smallest absolute Gasteiger partial charge is 0.134 e. The van der Waals surface area contributed by atoms with Crippen LogP contribution >= 0.6 is 11.6 Å². The minimum absolute atomic E-state index is 0.135. The van der Waals surface area contributed by atoms with Gasteiger partial charge < -0.3 is 15.2 Å². The second-order valence-corrected chi connectivity index (χ2v) is 4.94. The number of phenols is 1. The first-order valence-electron chi connectivity index (χ1n) is 5.92.